The fraction of sp³-hybridized carbons (Fsp3) is 0.333. The van der Waals surface area contributed by atoms with Gasteiger partial charge in [-0.2, -0.15) is 0 Å². The van der Waals surface area contributed by atoms with Gasteiger partial charge in [-0.1, -0.05) is 12.1 Å². The summed E-state index contributed by atoms with van der Waals surface area (Å²) in [5.41, 5.74) is 1.21. The first-order chi connectivity index (χ1) is 8.80. The molecule has 0 aliphatic carbocycles. The Hall–Kier alpha value is -1.89. The predicted octanol–water partition coefficient (Wildman–Crippen LogP) is 1.23. The lowest BCUT2D eigenvalue weighted by atomic mass is 10.3. The van der Waals surface area contributed by atoms with Gasteiger partial charge >= 0.3 is 5.97 Å². The van der Waals surface area contributed by atoms with Crippen LogP contribution in [0.5, 0.6) is 0 Å². The van der Waals surface area contributed by atoms with E-state index in [-0.39, 0.29) is 12.4 Å². The van der Waals surface area contributed by atoms with E-state index in [2.05, 4.69) is 4.98 Å². The Morgan fingerprint density at radius 2 is 2.05 bits per heavy atom. The number of rotatable bonds is 4. The Morgan fingerprint density at radius 3 is 2.63 bits per heavy atom. The monoisotopic (exact) mass is 282 g/mol. The van der Waals surface area contributed by atoms with Gasteiger partial charge in [0.1, 0.15) is 17.6 Å². The number of fused-ring (bicyclic) bond motifs is 1. The third-order valence-electron chi connectivity index (χ3n) is 2.98. The van der Waals surface area contributed by atoms with Crippen LogP contribution < -0.4 is 0 Å². The van der Waals surface area contributed by atoms with Crippen molar-refractivity contribution in [1.82, 2.24) is 9.55 Å². The maximum atomic E-state index is 11.6. The van der Waals surface area contributed by atoms with E-state index in [9.17, 15) is 13.2 Å². The summed E-state index contributed by atoms with van der Waals surface area (Å²) in [6, 6.07) is 6.99. The zero-order valence-corrected chi connectivity index (χ0v) is 11.4. The average molecular weight is 282 g/mol. The van der Waals surface area contributed by atoms with E-state index in [1.807, 2.05) is 0 Å². The number of benzene rings is 1. The molecule has 2 aromatic rings. The lowest BCUT2D eigenvalue weighted by Gasteiger charge is -2.11. The molecule has 0 aliphatic heterocycles. The van der Waals surface area contributed by atoms with Crippen molar-refractivity contribution in [3.05, 3.63) is 30.1 Å². The molecule has 1 N–H and O–H groups in total. The number of hydrogen-bond donors (Lipinski definition) is 1. The smallest absolute Gasteiger partial charge is 0.323 e. The normalized spacial score (nSPS) is 13.6. The third-order valence-corrected chi connectivity index (χ3v) is 4.48. The van der Waals surface area contributed by atoms with Crippen LogP contribution >= 0.6 is 0 Å². The molecule has 19 heavy (non-hydrogen) atoms. The number of aliphatic carboxylic acids is 1. The molecule has 0 amide bonds. The summed E-state index contributed by atoms with van der Waals surface area (Å²) in [5, 5.41) is 8.11. The lowest BCUT2D eigenvalue weighted by molar-refractivity contribution is -0.137. The number of imidazole rings is 1. The van der Waals surface area contributed by atoms with Gasteiger partial charge in [-0.15, -0.1) is 0 Å². The molecule has 0 saturated carbocycles. The maximum Gasteiger partial charge on any atom is 0.323 e. The molecule has 0 bridgehead atoms. The van der Waals surface area contributed by atoms with Crippen LogP contribution in [0.15, 0.2) is 24.3 Å². The van der Waals surface area contributed by atoms with E-state index < -0.39 is 21.1 Å². The summed E-state index contributed by atoms with van der Waals surface area (Å²) in [5.74, 6) is -0.781. The Morgan fingerprint density at radius 1 is 1.42 bits per heavy atom. The van der Waals surface area contributed by atoms with Gasteiger partial charge in [0.15, 0.2) is 9.84 Å². The van der Waals surface area contributed by atoms with Gasteiger partial charge in [0.2, 0.25) is 0 Å². The van der Waals surface area contributed by atoms with Gasteiger partial charge in [0.05, 0.1) is 11.0 Å². The Bertz CT molecular complexity index is 733. The molecule has 1 aromatic heterocycles. The van der Waals surface area contributed by atoms with Gasteiger partial charge in [0, 0.05) is 6.26 Å². The first-order valence-corrected chi connectivity index (χ1v) is 7.62. The van der Waals surface area contributed by atoms with Crippen molar-refractivity contribution >= 4 is 26.8 Å². The van der Waals surface area contributed by atoms with Crippen LogP contribution in [0.25, 0.3) is 11.0 Å². The highest BCUT2D eigenvalue weighted by Crippen LogP contribution is 2.25. The Kier molecular flexibility index (Phi) is 3.32. The fourth-order valence-electron chi connectivity index (χ4n) is 1.90. The number of sulfone groups is 1. The van der Waals surface area contributed by atoms with E-state index >= 15 is 0 Å². The highest BCUT2D eigenvalue weighted by atomic mass is 32.2. The summed E-state index contributed by atoms with van der Waals surface area (Å²) in [4.78, 5) is 15.2. The zero-order valence-electron chi connectivity index (χ0n) is 10.6. The zero-order chi connectivity index (χ0) is 14.2. The fourth-order valence-corrected chi connectivity index (χ4v) is 2.46. The molecule has 1 aromatic carbocycles. The van der Waals surface area contributed by atoms with Crippen LogP contribution in [0, 0.1) is 0 Å². The molecule has 0 radical (unpaired) electrons. The van der Waals surface area contributed by atoms with E-state index in [0.717, 1.165) is 6.26 Å². The van der Waals surface area contributed by atoms with Gasteiger partial charge in [-0.25, -0.2) is 13.4 Å². The molecule has 102 valence electrons. The predicted molar refractivity (Wildman–Crippen MR) is 70.6 cm³/mol. The summed E-state index contributed by atoms with van der Waals surface area (Å²) < 4.78 is 24.7. The molecule has 6 nitrogen and oxygen atoms in total. The molecule has 2 rings (SSSR count). The highest BCUT2D eigenvalue weighted by molar-refractivity contribution is 7.90. The van der Waals surface area contributed by atoms with Gasteiger partial charge in [-0.05, 0) is 19.1 Å². The molecule has 0 spiro atoms. The van der Waals surface area contributed by atoms with Crippen molar-refractivity contribution in [3.8, 4) is 0 Å². The molecule has 0 aliphatic rings. The summed E-state index contributed by atoms with van der Waals surface area (Å²) in [6.07, 6.45) is 1.11. The molecule has 1 atom stereocenters. The second-order valence-corrected chi connectivity index (χ2v) is 6.78. The van der Waals surface area contributed by atoms with Crippen LogP contribution in [0.4, 0.5) is 0 Å². The summed E-state index contributed by atoms with van der Waals surface area (Å²) >= 11 is 0. The number of carbonyl (C=O) groups is 1. The van der Waals surface area contributed by atoms with Crippen molar-refractivity contribution in [3.63, 3.8) is 0 Å². The standard InChI is InChI=1S/C12H14N2O4S/c1-8(19(2,17)18)12-13-9-5-3-4-6-10(9)14(12)7-11(15)16/h3-6,8H,7H2,1-2H3,(H,15,16). The number of hydrogen-bond acceptors (Lipinski definition) is 4. The quantitative estimate of drug-likeness (QED) is 0.911. The number of carboxylic acid groups (broad SMARTS) is 1. The minimum absolute atomic E-state index is 0.256. The van der Waals surface area contributed by atoms with E-state index in [0.29, 0.717) is 11.0 Å². The second-order valence-electron chi connectivity index (χ2n) is 4.41. The van der Waals surface area contributed by atoms with Crippen LogP contribution in [-0.2, 0) is 21.2 Å². The van der Waals surface area contributed by atoms with Crippen LogP contribution in [0.2, 0.25) is 0 Å². The van der Waals surface area contributed by atoms with E-state index in [1.165, 1.54) is 11.5 Å². The van der Waals surface area contributed by atoms with Crippen LogP contribution in [0.1, 0.15) is 18.0 Å². The molecule has 0 saturated heterocycles. The van der Waals surface area contributed by atoms with Gasteiger partial charge < -0.3 is 9.67 Å². The molecule has 1 unspecified atom stereocenters. The average Bonchev–Trinajstić information content (AvgIpc) is 2.65. The summed E-state index contributed by atoms with van der Waals surface area (Å²) in [7, 11) is -3.34. The first-order valence-electron chi connectivity index (χ1n) is 5.66. The van der Waals surface area contributed by atoms with E-state index in [4.69, 9.17) is 5.11 Å². The maximum absolute atomic E-state index is 11.6. The largest absolute Gasteiger partial charge is 0.480 e. The van der Waals surface area contributed by atoms with Crippen molar-refractivity contribution in [1.29, 1.82) is 0 Å². The topological polar surface area (TPSA) is 89.3 Å². The van der Waals surface area contributed by atoms with Crippen molar-refractivity contribution in [2.75, 3.05) is 6.26 Å². The van der Waals surface area contributed by atoms with E-state index in [1.54, 1.807) is 24.3 Å². The minimum Gasteiger partial charge on any atom is -0.480 e. The van der Waals surface area contributed by atoms with Crippen molar-refractivity contribution in [2.45, 2.75) is 18.7 Å². The molecule has 0 fully saturated rings. The van der Waals surface area contributed by atoms with Crippen LogP contribution in [0.3, 0.4) is 0 Å². The first kappa shape index (κ1) is 13.5. The molecular formula is C12H14N2O4S. The van der Waals surface area contributed by atoms with Crippen molar-refractivity contribution in [2.24, 2.45) is 0 Å². The third kappa shape index (κ3) is 2.60. The van der Waals surface area contributed by atoms with Gasteiger partial charge in [-0.3, -0.25) is 4.79 Å². The Balaban J connectivity index is 2.69. The van der Waals surface area contributed by atoms with Crippen molar-refractivity contribution < 1.29 is 18.3 Å². The lowest BCUT2D eigenvalue weighted by Crippen LogP contribution is -2.17. The number of para-hydroxylation sites is 2. The SMILES string of the molecule is CC(c1nc2ccccc2n1CC(=O)O)S(C)(=O)=O. The number of carboxylic acids is 1. The molecule has 7 heteroatoms. The highest BCUT2D eigenvalue weighted by Gasteiger charge is 2.25. The second kappa shape index (κ2) is 4.65. The molecular weight excluding hydrogens is 268 g/mol. The minimum atomic E-state index is -3.34. The molecule has 1 heterocycles. The Labute approximate surface area is 110 Å². The van der Waals surface area contributed by atoms with Gasteiger partial charge in [0.25, 0.3) is 0 Å². The number of aromatic nitrogens is 2. The number of nitrogens with zero attached hydrogens (tertiary/aromatic N) is 2. The summed E-state index contributed by atoms with van der Waals surface area (Å²) in [6.45, 7) is 1.20. The van der Waals surface area contributed by atoms with Crippen LogP contribution in [-0.4, -0.2) is 35.3 Å².